The zero-order valence-corrected chi connectivity index (χ0v) is 12.5. The third-order valence-corrected chi connectivity index (χ3v) is 3.43. The molecule has 2 N–H and O–H groups in total. The van der Waals surface area contributed by atoms with Crippen molar-refractivity contribution in [3.05, 3.63) is 45.9 Å². The number of benzene rings is 1. The molecule has 21 heavy (non-hydrogen) atoms. The Hall–Kier alpha value is -2.23. The first-order chi connectivity index (χ1) is 10.1. The van der Waals surface area contributed by atoms with E-state index in [1.165, 1.54) is 24.7 Å². The monoisotopic (exact) mass is 399 g/mol. The lowest BCUT2D eigenvalue weighted by atomic mass is 10.2. The smallest absolute Gasteiger partial charge is 0.374 e. The number of carboxylic acid groups (broad SMARTS) is 1. The predicted molar refractivity (Wildman–Crippen MR) is 81.2 cm³/mol. The van der Waals surface area contributed by atoms with E-state index in [1.807, 2.05) is 22.6 Å². The van der Waals surface area contributed by atoms with Crippen molar-refractivity contribution in [1.29, 1.82) is 0 Å². The molecule has 0 radical (unpaired) electrons. The first-order valence-electron chi connectivity index (χ1n) is 5.74. The lowest BCUT2D eigenvalue weighted by molar-refractivity contribution is 0.0666. The molecule has 1 aromatic carbocycles. The molecule has 8 heteroatoms. The number of aromatic nitrogens is 2. The van der Waals surface area contributed by atoms with Gasteiger partial charge in [0.05, 0.1) is 11.1 Å². The molecule has 2 heterocycles. The van der Waals surface area contributed by atoms with Gasteiger partial charge in [0.15, 0.2) is 0 Å². The zero-order valence-electron chi connectivity index (χ0n) is 10.3. The number of nitrogens with zero attached hydrogens (tertiary/aromatic N) is 2. The molecule has 0 aliphatic heterocycles. The highest BCUT2D eigenvalue weighted by Gasteiger charge is 2.22. The Labute approximate surface area is 131 Å². The molecule has 0 bridgehead atoms. The Balaban J connectivity index is 2.14. The van der Waals surface area contributed by atoms with Crippen LogP contribution in [0.25, 0.3) is 11.1 Å². The van der Waals surface area contributed by atoms with Gasteiger partial charge >= 0.3 is 5.97 Å². The molecule has 0 saturated carbocycles. The van der Waals surface area contributed by atoms with Crippen molar-refractivity contribution < 1.29 is 18.7 Å². The van der Waals surface area contributed by atoms with Gasteiger partial charge in [-0.15, -0.1) is 0 Å². The number of halogens is 2. The minimum atomic E-state index is -1.28. The fourth-order valence-corrected chi connectivity index (χ4v) is 2.29. The number of hydrogen-bond donors (Lipinski definition) is 2. The summed E-state index contributed by atoms with van der Waals surface area (Å²) in [6.07, 6.45) is 2.65. The van der Waals surface area contributed by atoms with E-state index >= 15 is 0 Å². The van der Waals surface area contributed by atoms with Crippen LogP contribution in [0.2, 0.25) is 0 Å². The third kappa shape index (κ3) is 2.53. The lowest BCUT2D eigenvalue weighted by Gasteiger charge is -2.07. The summed E-state index contributed by atoms with van der Waals surface area (Å²) in [5, 5.41) is 12.3. The second-order valence-electron chi connectivity index (χ2n) is 4.10. The maximum Gasteiger partial charge on any atom is 0.374 e. The molecular weight excluding hydrogens is 392 g/mol. The van der Waals surface area contributed by atoms with Gasteiger partial charge in [-0.2, -0.15) is 0 Å². The highest BCUT2D eigenvalue weighted by molar-refractivity contribution is 14.1. The van der Waals surface area contributed by atoms with Crippen LogP contribution in [-0.2, 0) is 0 Å². The molecule has 0 aliphatic rings. The number of fused-ring (bicyclic) bond motifs is 1. The average molecular weight is 399 g/mol. The molecule has 2 aromatic heterocycles. The van der Waals surface area contributed by atoms with E-state index in [9.17, 15) is 14.3 Å². The van der Waals surface area contributed by atoms with Gasteiger partial charge in [0, 0.05) is 9.77 Å². The topological polar surface area (TPSA) is 88.2 Å². The fraction of sp³-hybridized carbons (Fsp3) is 0. The van der Waals surface area contributed by atoms with Crippen LogP contribution in [0.15, 0.2) is 35.1 Å². The molecule has 3 rings (SSSR count). The molecule has 0 spiro atoms. The summed E-state index contributed by atoms with van der Waals surface area (Å²) in [6, 6.07) is 4.55. The molecule has 0 atom stereocenters. The van der Waals surface area contributed by atoms with Gasteiger partial charge < -0.3 is 14.8 Å². The van der Waals surface area contributed by atoms with Gasteiger partial charge in [0.1, 0.15) is 17.8 Å². The standard InChI is InChI=1S/C13H7FIN3O3/c14-8-3-6(15)1-2-9(8)18-10-7-4-16-5-17-12(7)21-11(10)13(19)20/h1-5,18H,(H,19,20). The number of hydrogen-bond acceptors (Lipinski definition) is 5. The van der Waals surface area contributed by atoms with Crippen molar-refractivity contribution in [3.8, 4) is 0 Å². The summed E-state index contributed by atoms with van der Waals surface area (Å²) >= 11 is 1.98. The van der Waals surface area contributed by atoms with Crippen molar-refractivity contribution in [2.45, 2.75) is 0 Å². The molecule has 6 nitrogen and oxygen atoms in total. The number of carbonyl (C=O) groups is 1. The van der Waals surface area contributed by atoms with Crippen LogP contribution in [0.5, 0.6) is 0 Å². The van der Waals surface area contributed by atoms with E-state index in [2.05, 4.69) is 15.3 Å². The normalized spacial score (nSPS) is 10.8. The summed E-state index contributed by atoms with van der Waals surface area (Å²) < 4.78 is 19.8. The van der Waals surface area contributed by atoms with Crippen LogP contribution in [0.3, 0.4) is 0 Å². The Morgan fingerprint density at radius 2 is 2.24 bits per heavy atom. The van der Waals surface area contributed by atoms with Gasteiger partial charge in [-0.1, -0.05) is 0 Å². The second-order valence-corrected chi connectivity index (χ2v) is 5.35. The summed E-state index contributed by atoms with van der Waals surface area (Å²) in [5.74, 6) is -2.12. The van der Waals surface area contributed by atoms with Crippen molar-refractivity contribution >= 4 is 51.0 Å². The predicted octanol–water partition coefficient (Wildman–Crippen LogP) is 3.41. The molecule has 0 fully saturated rings. The van der Waals surface area contributed by atoms with Gasteiger partial charge in [-0.25, -0.2) is 19.2 Å². The van der Waals surface area contributed by atoms with Crippen molar-refractivity contribution in [2.75, 3.05) is 5.32 Å². The molecule has 0 aliphatic carbocycles. The van der Waals surface area contributed by atoms with Gasteiger partial charge in [0.2, 0.25) is 11.5 Å². The average Bonchev–Trinajstić information content (AvgIpc) is 2.81. The number of nitrogens with one attached hydrogen (secondary N) is 1. The summed E-state index contributed by atoms with van der Waals surface area (Å²) in [6.45, 7) is 0. The van der Waals surface area contributed by atoms with E-state index in [-0.39, 0.29) is 22.8 Å². The minimum absolute atomic E-state index is 0.121. The summed E-state index contributed by atoms with van der Waals surface area (Å²) in [7, 11) is 0. The summed E-state index contributed by atoms with van der Waals surface area (Å²) in [4.78, 5) is 18.9. The van der Waals surface area contributed by atoms with Crippen molar-refractivity contribution in [1.82, 2.24) is 9.97 Å². The van der Waals surface area contributed by atoms with Gasteiger partial charge in [-0.05, 0) is 40.8 Å². The van der Waals surface area contributed by atoms with Crippen molar-refractivity contribution in [3.63, 3.8) is 0 Å². The minimum Gasteiger partial charge on any atom is -0.475 e. The van der Waals surface area contributed by atoms with E-state index in [1.54, 1.807) is 6.07 Å². The number of carboxylic acids is 1. The maximum absolute atomic E-state index is 13.9. The van der Waals surface area contributed by atoms with Gasteiger partial charge in [0.25, 0.3) is 0 Å². The number of aromatic carboxylic acids is 1. The molecular formula is C13H7FIN3O3. The van der Waals surface area contributed by atoms with Crippen LogP contribution < -0.4 is 5.32 Å². The number of rotatable bonds is 3. The Bertz CT molecular complexity index is 850. The van der Waals surface area contributed by atoms with E-state index < -0.39 is 11.8 Å². The maximum atomic E-state index is 13.9. The first-order valence-corrected chi connectivity index (χ1v) is 6.82. The largest absolute Gasteiger partial charge is 0.475 e. The Kier molecular flexibility index (Phi) is 3.45. The molecule has 0 unspecified atom stereocenters. The quantitative estimate of drug-likeness (QED) is 0.657. The van der Waals surface area contributed by atoms with Crippen LogP contribution in [-0.4, -0.2) is 21.0 Å². The molecule has 3 aromatic rings. The van der Waals surface area contributed by atoms with E-state index in [0.29, 0.717) is 5.39 Å². The lowest BCUT2D eigenvalue weighted by Crippen LogP contribution is -2.01. The SMILES string of the molecule is O=C(O)c1oc2ncncc2c1Nc1ccc(I)cc1F. The highest BCUT2D eigenvalue weighted by Crippen LogP contribution is 2.32. The van der Waals surface area contributed by atoms with Crippen LogP contribution in [0, 0.1) is 9.39 Å². The molecule has 0 amide bonds. The van der Waals surface area contributed by atoms with Gasteiger partial charge in [-0.3, -0.25) is 0 Å². The molecule has 106 valence electrons. The zero-order chi connectivity index (χ0) is 15.0. The van der Waals surface area contributed by atoms with Crippen LogP contribution in [0.4, 0.5) is 15.8 Å². The highest BCUT2D eigenvalue weighted by atomic mass is 127. The number of furan rings is 1. The Morgan fingerprint density at radius 1 is 1.43 bits per heavy atom. The van der Waals surface area contributed by atoms with E-state index in [4.69, 9.17) is 4.42 Å². The fourth-order valence-electron chi connectivity index (χ4n) is 1.84. The third-order valence-electron chi connectivity index (χ3n) is 2.76. The summed E-state index contributed by atoms with van der Waals surface area (Å²) in [5.41, 5.74) is 0.387. The number of anilines is 2. The Morgan fingerprint density at radius 3 is 2.95 bits per heavy atom. The first kappa shape index (κ1) is 13.7. The second kappa shape index (κ2) is 5.28. The van der Waals surface area contributed by atoms with Crippen LogP contribution >= 0.6 is 22.6 Å². The van der Waals surface area contributed by atoms with E-state index in [0.717, 1.165) is 3.57 Å². The van der Waals surface area contributed by atoms with Crippen molar-refractivity contribution in [2.24, 2.45) is 0 Å². The molecule has 0 saturated heterocycles. The van der Waals surface area contributed by atoms with Crippen LogP contribution in [0.1, 0.15) is 10.6 Å².